The van der Waals surface area contributed by atoms with Crippen LogP contribution in [0.3, 0.4) is 0 Å². The third kappa shape index (κ3) is 4.13. The Morgan fingerprint density at radius 1 is 0.839 bits per heavy atom. The molecule has 8 nitrogen and oxygen atoms in total. The van der Waals surface area contributed by atoms with Crippen molar-refractivity contribution in [2.24, 2.45) is 10.3 Å². The van der Waals surface area contributed by atoms with Gasteiger partial charge in [-0.25, -0.2) is 14.3 Å². The van der Waals surface area contributed by atoms with Crippen molar-refractivity contribution in [3.8, 4) is 17.0 Å². The first-order valence-corrected chi connectivity index (χ1v) is 9.34. The Morgan fingerprint density at radius 3 is 2.23 bits per heavy atom. The van der Waals surface area contributed by atoms with E-state index in [0.717, 1.165) is 22.2 Å². The molecule has 31 heavy (non-hydrogen) atoms. The Bertz CT molecular complexity index is 1270. The normalized spacial score (nSPS) is 11.3. The van der Waals surface area contributed by atoms with Crippen LogP contribution in [-0.2, 0) is 9.59 Å². The van der Waals surface area contributed by atoms with Crippen molar-refractivity contribution in [1.82, 2.24) is 4.68 Å². The summed E-state index contributed by atoms with van der Waals surface area (Å²) < 4.78 is 6.85. The highest BCUT2D eigenvalue weighted by molar-refractivity contribution is 5.96. The molecule has 0 aliphatic carbocycles. The number of aliphatic carboxylic acids is 2. The summed E-state index contributed by atoms with van der Waals surface area (Å²) in [5.41, 5.74) is 2.79. The first-order chi connectivity index (χ1) is 15.0. The van der Waals surface area contributed by atoms with Gasteiger partial charge in [-0.2, -0.15) is 0 Å². The van der Waals surface area contributed by atoms with Crippen LogP contribution < -0.4 is 4.74 Å². The predicted octanol–water partition coefficient (Wildman–Crippen LogP) is 4.77. The minimum Gasteiger partial charge on any atom is -0.478 e. The van der Waals surface area contributed by atoms with Crippen molar-refractivity contribution in [2.75, 3.05) is 0 Å². The van der Waals surface area contributed by atoms with E-state index in [1.807, 2.05) is 60.7 Å². The average molecular weight is 415 g/mol. The summed E-state index contributed by atoms with van der Waals surface area (Å²) in [5.74, 6) is -3.22. The number of hydrogen-bond acceptors (Lipinski definition) is 5. The lowest BCUT2D eigenvalue weighted by Crippen LogP contribution is -2.35. The van der Waals surface area contributed by atoms with E-state index in [4.69, 9.17) is 14.9 Å². The fourth-order valence-corrected chi connectivity index (χ4v) is 3.12. The van der Waals surface area contributed by atoms with Gasteiger partial charge in [0.2, 0.25) is 0 Å². The Hall–Kier alpha value is -4.46. The highest BCUT2D eigenvalue weighted by Gasteiger charge is 2.28. The number of carboxylic acids is 2. The van der Waals surface area contributed by atoms with Gasteiger partial charge < -0.3 is 14.9 Å². The number of carbonyl (C=O) groups is 2. The largest absolute Gasteiger partial charge is 0.478 e. The van der Waals surface area contributed by atoms with Gasteiger partial charge >= 0.3 is 11.9 Å². The van der Waals surface area contributed by atoms with Gasteiger partial charge in [-0.15, -0.1) is 5.11 Å². The molecule has 4 rings (SSSR count). The van der Waals surface area contributed by atoms with Crippen molar-refractivity contribution in [1.29, 1.82) is 0 Å². The Labute approximate surface area is 176 Å². The molecule has 1 heterocycles. The van der Waals surface area contributed by atoms with Gasteiger partial charge in [-0.1, -0.05) is 65.9 Å². The van der Waals surface area contributed by atoms with E-state index < -0.39 is 18.0 Å². The molecule has 0 spiro atoms. The van der Waals surface area contributed by atoms with E-state index in [2.05, 4.69) is 10.3 Å². The van der Waals surface area contributed by atoms with E-state index in [9.17, 15) is 9.59 Å². The molecule has 8 heteroatoms. The lowest BCUT2D eigenvalue weighted by atomic mass is 10.1. The second-order valence-electron chi connectivity index (χ2n) is 6.60. The van der Waals surface area contributed by atoms with Gasteiger partial charge in [0.15, 0.2) is 0 Å². The molecule has 0 radical (unpaired) electrons. The zero-order valence-electron chi connectivity index (χ0n) is 16.1. The van der Waals surface area contributed by atoms with Crippen LogP contribution in [-0.4, -0.2) is 32.9 Å². The van der Waals surface area contributed by atoms with Gasteiger partial charge in [-0.05, 0) is 24.3 Å². The number of aromatic nitrogens is 1. The minimum atomic E-state index is -2.05. The fraction of sp³-hybridized carbons (Fsp3) is 0.0435. The quantitative estimate of drug-likeness (QED) is 0.333. The number of nitrogens with zero attached hydrogens (tertiary/aromatic N) is 3. The van der Waals surface area contributed by atoms with Gasteiger partial charge in [0.25, 0.3) is 6.10 Å². The molecule has 4 aromatic rings. The lowest BCUT2D eigenvalue weighted by molar-refractivity contribution is -0.158. The summed E-state index contributed by atoms with van der Waals surface area (Å²) in [7, 11) is 0. The molecule has 0 aliphatic rings. The molecular formula is C23H17N3O5. The zero-order valence-corrected chi connectivity index (χ0v) is 16.1. The molecule has 0 saturated carbocycles. The van der Waals surface area contributed by atoms with Crippen molar-refractivity contribution < 1.29 is 24.5 Å². The molecule has 0 fully saturated rings. The number of fused-ring (bicyclic) bond motifs is 1. The molecule has 0 bridgehead atoms. The highest BCUT2D eigenvalue weighted by Crippen LogP contribution is 2.31. The monoisotopic (exact) mass is 415 g/mol. The standard InChI is InChI=1S/C23H17N3O5/c27-22(28)21(23(29)30)31-20-13-7-5-11-17(20)24-25-26-18-12-6-4-10-16(18)14-19(26)15-8-2-1-3-9-15/h1-14,21H,(H,27,28)(H,29,30). The van der Waals surface area contributed by atoms with Crippen molar-refractivity contribution in [2.45, 2.75) is 6.10 Å². The smallest absolute Gasteiger partial charge is 0.356 e. The van der Waals surface area contributed by atoms with Crippen LogP contribution in [0.15, 0.2) is 95.3 Å². The number of hydrogen-bond donors (Lipinski definition) is 2. The molecule has 0 amide bonds. The van der Waals surface area contributed by atoms with E-state index in [1.54, 1.807) is 22.9 Å². The number of ether oxygens (including phenoxy) is 1. The van der Waals surface area contributed by atoms with Gasteiger partial charge in [-0.3, -0.25) is 0 Å². The van der Waals surface area contributed by atoms with E-state index in [0.29, 0.717) is 0 Å². The average Bonchev–Trinajstić information content (AvgIpc) is 3.15. The van der Waals surface area contributed by atoms with Crippen molar-refractivity contribution >= 4 is 28.5 Å². The molecular weight excluding hydrogens is 398 g/mol. The molecule has 0 atom stereocenters. The summed E-state index contributed by atoms with van der Waals surface area (Å²) in [4.78, 5) is 22.4. The first-order valence-electron chi connectivity index (χ1n) is 9.34. The number of benzene rings is 3. The molecule has 0 saturated heterocycles. The van der Waals surface area contributed by atoms with Crippen LogP contribution in [0.25, 0.3) is 22.2 Å². The summed E-state index contributed by atoms with van der Waals surface area (Å²) in [6, 6.07) is 25.7. The number of carboxylic acid groups (broad SMARTS) is 2. The van der Waals surface area contributed by atoms with Crippen LogP contribution in [0.4, 0.5) is 5.69 Å². The zero-order chi connectivity index (χ0) is 21.8. The topological polar surface area (TPSA) is 113 Å². The molecule has 0 aliphatic heterocycles. The maximum absolute atomic E-state index is 11.2. The summed E-state index contributed by atoms with van der Waals surface area (Å²) in [6.07, 6.45) is -2.05. The molecule has 3 aromatic carbocycles. The summed E-state index contributed by atoms with van der Waals surface area (Å²) in [6.45, 7) is 0. The highest BCUT2D eigenvalue weighted by atomic mass is 16.5. The first kappa shape index (κ1) is 19.8. The van der Waals surface area contributed by atoms with Crippen LogP contribution in [0.5, 0.6) is 5.75 Å². The lowest BCUT2D eigenvalue weighted by Gasteiger charge is -2.12. The SMILES string of the molecule is O=C(O)C(Oc1ccccc1N=Nn1c(-c2ccccc2)cc2ccccc21)C(=O)O. The predicted molar refractivity (Wildman–Crippen MR) is 113 cm³/mol. The second-order valence-corrected chi connectivity index (χ2v) is 6.60. The Morgan fingerprint density at radius 2 is 1.48 bits per heavy atom. The van der Waals surface area contributed by atoms with Gasteiger partial charge in [0.1, 0.15) is 11.4 Å². The van der Waals surface area contributed by atoms with Crippen LogP contribution in [0.2, 0.25) is 0 Å². The van der Waals surface area contributed by atoms with Crippen molar-refractivity contribution in [3.63, 3.8) is 0 Å². The molecule has 0 unspecified atom stereocenters. The third-order valence-electron chi connectivity index (χ3n) is 4.56. The number of para-hydroxylation sites is 2. The van der Waals surface area contributed by atoms with E-state index in [1.165, 1.54) is 6.07 Å². The van der Waals surface area contributed by atoms with Gasteiger partial charge in [0, 0.05) is 10.9 Å². The third-order valence-corrected chi connectivity index (χ3v) is 4.56. The number of rotatable bonds is 7. The summed E-state index contributed by atoms with van der Waals surface area (Å²) in [5, 5.41) is 27.8. The Balaban J connectivity index is 1.77. The Kier molecular flexibility index (Phi) is 5.44. The molecule has 154 valence electrons. The van der Waals surface area contributed by atoms with Crippen LogP contribution in [0, 0.1) is 0 Å². The van der Waals surface area contributed by atoms with E-state index in [-0.39, 0.29) is 11.4 Å². The maximum Gasteiger partial charge on any atom is 0.356 e. The molecule has 1 aromatic heterocycles. The van der Waals surface area contributed by atoms with Gasteiger partial charge in [0.05, 0.1) is 11.2 Å². The maximum atomic E-state index is 11.2. The van der Waals surface area contributed by atoms with Crippen LogP contribution in [0.1, 0.15) is 0 Å². The molecule has 2 N–H and O–H groups in total. The second kappa shape index (κ2) is 8.50. The van der Waals surface area contributed by atoms with E-state index >= 15 is 0 Å². The van der Waals surface area contributed by atoms with Crippen LogP contribution >= 0.6 is 0 Å². The minimum absolute atomic E-state index is 0.00114. The fourth-order valence-electron chi connectivity index (χ4n) is 3.12. The summed E-state index contributed by atoms with van der Waals surface area (Å²) >= 11 is 0. The van der Waals surface area contributed by atoms with Crippen molar-refractivity contribution in [3.05, 3.63) is 84.9 Å².